The van der Waals surface area contributed by atoms with Crippen LogP contribution in [0.4, 0.5) is 11.8 Å². The number of hydrogen-bond acceptors (Lipinski definition) is 8. The second-order valence-corrected chi connectivity index (χ2v) is 8.88. The average molecular weight is 433 g/mol. The highest BCUT2D eigenvalue weighted by molar-refractivity contribution is 7.22. The minimum Gasteiger partial charge on any atom is -0.368 e. The lowest BCUT2D eigenvalue weighted by molar-refractivity contribution is 0.373. The first-order chi connectivity index (χ1) is 15.1. The summed E-state index contributed by atoms with van der Waals surface area (Å²) in [6.45, 7) is 1.78. The molecule has 0 bridgehead atoms. The summed E-state index contributed by atoms with van der Waals surface area (Å²) in [5.41, 5.74) is 9.17. The lowest BCUT2D eigenvalue weighted by Gasteiger charge is -2.23. The first-order valence-corrected chi connectivity index (χ1v) is 11.0. The van der Waals surface area contributed by atoms with E-state index in [0.717, 1.165) is 46.0 Å². The number of hydrazone groups is 1. The quantitative estimate of drug-likeness (QED) is 0.500. The number of likely N-dealkylation sites (N-methyl/N-ethyl adjacent to an activating group) is 1. The summed E-state index contributed by atoms with van der Waals surface area (Å²) in [4.78, 5) is 12.3. The molecule has 0 spiro atoms. The molecule has 0 amide bonds. The van der Waals surface area contributed by atoms with Crippen molar-refractivity contribution in [3.63, 3.8) is 0 Å². The highest BCUT2D eigenvalue weighted by Gasteiger charge is 2.28. The monoisotopic (exact) mass is 432 g/mol. The minimum atomic E-state index is 0.0954. The number of thiophene rings is 1. The molecule has 1 atom stereocenters. The van der Waals surface area contributed by atoms with Crippen LogP contribution in [-0.4, -0.2) is 51.5 Å². The van der Waals surface area contributed by atoms with E-state index in [-0.39, 0.29) is 12.0 Å². The number of nitrogen functional groups attached to an aromatic ring is 1. The Morgan fingerprint density at radius 2 is 2.03 bits per heavy atom. The van der Waals surface area contributed by atoms with Gasteiger partial charge in [-0.3, -0.25) is 4.68 Å². The maximum Gasteiger partial charge on any atom is 0.222 e. The van der Waals surface area contributed by atoms with E-state index in [1.165, 1.54) is 5.56 Å². The molecule has 4 heterocycles. The molecule has 1 aromatic carbocycles. The third kappa shape index (κ3) is 3.89. The molecular weight excluding hydrogens is 408 g/mol. The fourth-order valence-electron chi connectivity index (χ4n) is 3.72. The zero-order valence-electron chi connectivity index (χ0n) is 17.5. The molecule has 4 aromatic rings. The number of anilines is 2. The van der Waals surface area contributed by atoms with Crippen molar-refractivity contribution in [3.8, 4) is 10.4 Å². The van der Waals surface area contributed by atoms with E-state index < -0.39 is 0 Å². The van der Waals surface area contributed by atoms with Crippen LogP contribution in [-0.2, 0) is 6.54 Å². The Hall–Kier alpha value is -3.30. The van der Waals surface area contributed by atoms with Crippen LogP contribution in [0.3, 0.4) is 0 Å². The molecule has 0 aliphatic carbocycles. The van der Waals surface area contributed by atoms with Gasteiger partial charge in [-0.2, -0.15) is 15.2 Å². The van der Waals surface area contributed by atoms with Crippen LogP contribution in [0.5, 0.6) is 0 Å². The molecule has 3 aromatic heterocycles. The van der Waals surface area contributed by atoms with Crippen molar-refractivity contribution in [1.82, 2.24) is 24.6 Å². The van der Waals surface area contributed by atoms with E-state index in [2.05, 4.69) is 63.6 Å². The van der Waals surface area contributed by atoms with E-state index in [0.29, 0.717) is 0 Å². The van der Waals surface area contributed by atoms with Gasteiger partial charge in [0.05, 0.1) is 29.0 Å². The minimum absolute atomic E-state index is 0.0954. The summed E-state index contributed by atoms with van der Waals surface area (Å²) >= 11 is 1.65. The van der Waals surface area contributed by atoms with Gasteiger partial charge < -0.3 is 10.6 Å². The third-order valence-corrected chi connectivity index (χ3v) is 6.47. The summed E-state index contributed by atoms with van der Waals surface area (Å²) in [6, 6.07) is 12.5. The number of hydrogen-bond donors (Lipinski definition) is 1. The molecule has 8 nitrogen and oxygen atoms in total. The van der Waals surface area contributed by atoms with Crippen molar-refractivity contribution in [2.75, 3.05) is 31.4 Å². The summed E-state index contributed by atoms with van der Waals surface area (Å²) in [6.07, 6.45) is 6.74. The number of fused-ring (bicyclic) bond motifs is 1. The number of nitrogens with two attached hydrogens (primary N) is 1. The van der Waals surface area contributed by atoms with Crippen LogP contribution in [0.15, 0.2) is 53.9 Å². The van der Waals surface area contributed by atoms with Gasteiger partial charge in [-0.15, -0.1) is 11.3 Å². The van der Waals surface area contributed by atoms with Gasteiger partial charge in [-0.25, -0.2) is 9.99 Å². The molecule has 158 valence electrons. The van der Waals surface area contributed by atoms with Gasteiger partial charge >= 0.3 is 0 Å². The Labute approximate surface area is 184 Å². The maximum absolute atomic E-state index is 6.08. The molecule has 0 saturated carbocycles. The van der Waals surface area contributed by atoms with Crippen molar-refractivity contribution in [1.29, 1.82) is 0 Å². The summed E-state index contributed by atoms with van der Waals surface area (Å²) in [5.74, 6) is 1.00. The van der Waals surface area contributed by atoms with Crippen LogP contribution in [0.2, 0.25) is 0 Å². The van der Waals surface area contributed by atoms with E-state index in [9.17, 15) is 0 Å². The number of benzene rings is 1. The average Bonchev–Trinajstić information content (AvgIpc) is 3.50. The molecule has 0 radical (unpaired) electrons. The molecular formula is C22H24N8S. The Bertz CT molecular complexity index is 1230. The maximum atomic E-state index is 6.08. The topological polar surface area (TPSA) is 88.5 Å². The molecule has 9 heteroatoms. The molecule has 1 aliphatic rings. The predicted molar refractivity (Wildman–Crippen MR) is 126 cm³/mol. The Kier molecular flexibility index (Phi) is 5.13. The zero-order chi connectivity index (χ0) is 21.4. The highest BCUT2D eigenvalue weighted by Crippen LogP contribution is 2.41. The predicted octanol–water partition coefficient (Wildman–Crippen LogP) is 3.64. The number of rotatable bonds is 6. The first-order valence-electron chi connectivity index (χ1n) is 10.2. The van der Waals surface area contributed by atoms with E-state index in [1.54, 1.807) is 11.3 Å². The van der Waals surface area contributed by atoms with Crippen molar-refractivity contribution in [2.45, 2.75) is 19.0 Å². The molecule has 5 rings (SSSR count). The second-order valence-electron chi connectivity index (χ2n) is 7.83. The molecule has 1 aliphatic heterocycles. The van der Waals surface area contributed by atoms with E-state index in [1.807, 2.05) is 40.3 Å². The van der Waals surface area contributed by atoms with Gasteiger partial charge in [0, 0.05) is 35.8 Å². The van der Waals surface area contributed by atoms with Gasteiger partial charge in [-0.05, 0) is 25.7 Å². The summed E-state index contributed by atoms with van der Waals surface area (Å²) in [7, 11) is 4.12. The first kappa shape index (κ1) is 19.7. The lowest BCUT2D eigenvalue weighted by atomic mass is 10.0. The Morgan fingerprint density at radius 3 is 2.84 bits per heavy atom. The summed E-state index contributed by atoms with van der Waals surface area (Å²) < 4.78 is 2.95. The molecule has 1 unspecified atom stereocenters. The standard InChI is InChI=1S/C22H24N8S/c1-28(2)10-11-29-14-16(13-25-29)19-12-17-20(31-19)21(27-22(23)26-17)30-18(8-9-24-30)15-6-4-3-5-7-15/h3-7,9,12-14,18H,8,10-11H2,1-2H3,(H2,23,26,27). The van der Waals surface area contributed by atoms with Crippen LogP contribution >= 0.6 is 11.3 Å². The third-order valence-electron chi connectivity index (χ3n) is 5.30. The highest BCUT2D eigenvalue weighted by atomic mass is 32.1. The van der Waals surface area contributed by atoms with Gasteiger partial charge in [-0.1, -0.05) is 30.3 Å². The van der Waals surface area contributed by atoms with Crippen molar-refractivity contribution in [3.05, 3.63) is 54.4 Å². The SMILES string of the molecule is CN(C)CCn1cc(-c2cc3nc(N)nc(N4N=CCC4c4ccccc4)c3s2)cn1. The fraction of sp³-hybridized carbons (Fsp3) is 0.273. The number of nitrogens with zero attached hydrogens (tertiary/aromatic N) is 7. The van der Waals surface area contributed by atoms with Crippen LogP contribution in [0.1, 0.15) is 18.0 Å². The largest absolute Gasteiger partial charge is 0.368 e. The molecule has 0 saturated heterocycles. The Balaban J connectivity index is 1.52. The molecule has 31 heavy (non-hydrogen) atoms. The van der Waals surface area contributed by atoms with Gasteiger partial charge in [0.25, 0.3) is 0 Å². The summed E-state index contributed by atoms with van der Waals surface area (Å²) in [5, 5.41) is 11.1. The van der Waals surface area contributed by atoms with Crippen molar-refractivity contribution >= 4 is 39.5 Å². The second kappa shape index (κ2) is 8.09. The van der Waals surface area contributed by atoms with E-state index >= 15 is 0 Å². The number of aromatic nitrogens is 4. The van der Waals surface area contributed by atoms with Crippen molar-refractivity contribution < 1.29 is 0 Å². The smallest absolute Gasteiger partial charge is 0.222 e. The lowest BCUT2D eigenvalue weighted by Crippen LogP contribution is -2.20. The van der Waals surface area contributed by atoms with E-state index in [4.69, 9.17) is 5.73 Å². The van der Waals surface area contributed by atoms with Gasteiger partial charge in [0.15, 0.2) is 5.82 Å². The van der Waals surface area contributed by atoms with Crippen molar-refractivity contribution in [2.24, 2.45) is 5.10 Å². The zero-order valence-corrected chi connectivity index (χ0v) is 18.3. The van der Waals surface area contributed by atoms with Crippen LogP contribution in [0, 0.1) is 0 Å². The van der Waals surface area contributed by atoms with Crippen LogP contribution in [0.25, 0.3) is 20.7 Å². The van der Waals surface area contributed by atoms with Gasteiger partial charge in [0.2, 0.25) is 5.95 Å². The fourth-order valence-corrected chi connectivity index (χ4v) is 4.77. The molecule has 0 fully saturated rings. The Morgan fingerprint density at radius 1 is 1.19 bits per heavy atom. The van der Waals surface area contributed by atoms with Gasteiger partial charge in [0.1, 0.15) is 0 Å². The van der Waals surface area contributed by atoms with Crippen LogP contribution < -0.4 is 10.7 Å². The molecule has 2 N–H and O–H groups in total. The normalized spacial score (nSPS) is 16.1.